The summed E-state index contributed by atoms with van der Waals surface area (Å²) in [6, 6.07) is 15.0. The molecule has 0 aliphatic carbocycles. The highest BCUT2D eigenvalue weighted by Gasteiger charge is 2.47. The van der Waals surface area contributed by atoms with E-state index >= 15 is 0 Å². The summed E-state index contributed by atoms with van der Waals surface area (Å²) in [6.45, 7) is 1.87. The largest absolute Gasteiger partial charge is 0.507 e. The number of aryl methyl sites for hydroxylation is 1. The van der Waals surface area contributed by atoms with Gasteiger partial charge in [0.2, 0.25) is 0 Å². The number of hydrogen-bond donors (Lipinski definition) is 1. The number of Topliss-reactive ketones (excluding diaryl/α,β-unsaturated/α-hetero) is 1. The van der Waals surface area contributed by atoms with E-state index in [1.54, 1.807) is 42.5 Å². The zero-order valence-corrected chi connectivity index (χ0v) is 15.6. The smallest absolute Gasteiger partial charge is 0.296 e. The number of carbonyl (C=O) groups excluding carboxylic acids is 2. The average Bonchev–Trinajstić information content (AvgIpc) is 3.31. The molecular formula is C23H18FNO4. The van der Waals surface area contributed by atoms with Crippen molar-refractivity contribution in [1.29, 1.82) is 0 Å². The fraction of sp³-hybridized carbons (Fsp3) is 0.130. The summed E-state index contributed by atoms with van der Waals surface area (Å²) in [6.07, 6.45) is 1.45. The van der Waals surface area contributed by atoms with E-state index in [2.05, 4.69) is 0 Å². The Morgan fingerprint density at radius 3 is 2.45 bits per heavy atom. The zero-order valence-electron chi connectivity index (χ0n) is 15.6. The quantitative estimate of drug-likeness (QED) is 0.408. The van der Waals surface area contributed by atoms with Crippen LogP contribution >= 0.6 is 0 Å². The lowest BCUT2D eigenvalue weighted by molar-refractivity contribution is -0.140. The van der Waals surface area contributed by atoms with Gasteiger partial charge in [-0.15, -0.1) is 0 Å². The van der Waals surface area contributed by atoms with Crippen LogP contribution in [0, 0.1) is 12.7 Å². The summed E-state index contributed by atoms with van der Waals surface area (Å²) in [5.41, 5.74) is 1.35. The molecule has 1 saturated heterocycles. The lowest BCUT2D eigenvalue weighted by atomic mass is 9.94. The number of aliphatic hydroxyl groups is 1. The van der Waals surface area contributed by atoms with Crippen molar-refractivity contribution in [1.82, 2.24) is 4.90 Å². The molecule has 29 heavy (non-hydrogen) atoms. The Kier molecular flexibility index (Phi) is 4.76. The summed E-state index contributed by atoms with van der Waals surface area (Å²) < 4.78 is 20.0. The van der Waals surface area contributed by atoms with Gasteiger partial charge in [0.25, 0.3) is 11.7 Å². The summed E-state index contributed by atoms with van der Waals surface area (Å²) in [4.78, 5) is 26.9. The van der Waals surface area contributed by atoms with Gasteiger partial charge in [0.05, 0.1) is 24.4 Å². The van der Waals surface area contributed by atoms with Crippen molar-refractivity contribution in [2.24, 2.45) is 0 Å². The van der Waals surface area contributed by atoms with Crippen LogP contribution in [-0.4, -0.2) is 21.7 Å². The standard InChI is InChI=1S/C23H18FNO4/c1-14-8-10-15(11-9-14)21(26)19-20(17-6-2-3-7-18(17)24)25(23(28)22(19)27)13-16-5-4-12-29-16/h2-12,20,26H,13H2,1H3. The number of carbonyl (C=O) groups is 2. The third kappa shape index (κ3) is 3.33. The van der Waals surface area contributed by atoms with Crippen LogP contribution in [-0.2, 0) is 16.1 Å². The maximum Gasteiger partial charge on any atom is 0.296 e. The van der Waals surface area contributed by atoms with Crippen molar-refractivity contribution in [2.75, 3.05) is 0 Å². The summed E-state index contributed by atoms with van der Waals surface area (Å²) >= 11 is 0. The molecule has 1 aliphatic rings. The van der Waals surface area contributed by atoms with Gasteiger partial charge in [-0.25, -0.2) is 4.39 Å². The van der Waals surface area contributed by atoms with Crippen LogP contribution in [0.1, 0.15) is 28.5 Å². The van der Waals surface area contributed by atoms with Gasteiger partial charge in [0.15, 0.2) is 0 Å². The number of halogens is 1. The van der Waals surface area contributed by atoms with E-state index in [0.29, 0.717) is 11.3 Å². The van der Waals surface area contributed by atoms with Gasteiger partial charge in [-0.1, -0.05) is 48.0 Å². The first kappa shape index (κ1) is 18.7. The van der Waals surface area contributed by atoms with Crippen LogP contribution in [0.15, 0.2) is 76.9 Å². The molecule has 1 N–H and O–H groups in total. The Morgan fingerprint density at radius 2 is 1.79 bits per heavy atom. The molecule has 1 amide bonds. The number of rotatable bonds is 4. The lowest BCUT2D eigenvalue weighted by Gasteiger charge is -2.24. The Labute approximate surface area is 166 Å². The Morgan fingerprint density at radius 1 is 1.07 bits per heavy atom. The first-order chi connectivity index (χ1) is 14.0. The maximum absolute atomic E-state index is 14.7. The second-order valence-electron chi connectivity index (χ2n) is 6.89. The minimum Gasteiger partial charge on any atom is -0.507 e. The molecule has 1 aromatic heterocycles. The molecule has 4 rings (SSSR count). The van der Waals surface area contributed by atoms with Crippen LogP contribution in [0.5, 0.6) is 0 Å². The van der Waals surface area contributed by atoms with Crippen molar-refractivity contribution in [3.8, 4) is 0 Å². The monoisotopic (exact) mass is 391 g/mol. The number of ketones is 1. The number of aliphatic hydroxyl groups excluding tert-OH is 1. The minimum atomic E-state index is -1.07. The van der Waals surface area contributed by atoms with E-state index in [1.165, 1.54) is 29.4 Å². The van der Waals surface area contributed by atoms with E-state index < -0.39 is 23.5 Å². The predicted molar refractivity (Wildman–Crippen MR) is 104 cm³/mol. The van der Waals surface area contributed by atoms with Crippen molar-refractivity contribution >= 4 is 17.4 Å². The molecule has 1 atom stereocenters. The number of nitrogens with zero attached hydrogens (tertiary/aromatic N) is 1. The fourth-order valence-electron chi connectivity index (χ4n) is 3.50. The second-order valence-corrected chi connectivity index (χ2v) is 6.89. The topological polar surface area (TPSA) is 70.8 Å². The highest BCUT2D eigenvalue weighted by Crippen LogP contribution is 2.41. The van der Waals surface area contributed by atoms with Crippen LogP contribution < -0.4 is 0 Å². The van der Waals surface area contributed by atoms with Gasteiger partial charge in [-0.3, -0.25) is 9.59 Å². The molecule has 3 aromatic rings. The number of amides is 1. The molecule has 0 saturated carbocycles. The molecule has 1 fully saturated rings. The minimum absolute atomic E-state index is 0.0265. The van der Waals surface area contributed by atoms with Crippen LogP contribution in [0.4, 0.5) is 4.39 Å². The molecule has 6 heteroatoms. The number of furan rings is 1. The highest BCUT2D eigenvalue weighted by molar-refractivity contribution is 6.46. The molecule has 1 unspecified atom stereocenters. The molecular weight excluding hydrogens is 373 g/mol. The summed E-state index contributed by atoms with van der Waals surface area (Å²) in [5.74, 6) is -2.13. The van der Waals surface area contributed by atoms with Crippen LogP contribution in [0.3, 0.4) is 0 Å². The third-order valence-electron chi connectivity index (χ3n) is 4.97. The number of benzene rings is 2. The SMILES string of the molecule is Cc1ccc(C(O)=C2C(=O)C(=O)N(Cc3ccco3)C2c2ccccc2F)cc1. The lowest BCUT2D eigenvalue weighted by Crippen LogP contribution is -2.29. The molecule has 0 bridgehead atoms. The van der Waals surface area contributed by atoms with Gasteiger partial charge >= 0.3 is 0 Å². The first-order valence-electron chi connectivity index (χ1n) is 9.09. The molecule has 5 nitrogen and oxygen atoms in total. The van der Waals surface area contributed by atoms with E-state index in [1.807, 2.05) is 6.92 Å². The van der Waals surface area contributed by atoms with E-state index in [4.69, 9.17) is 4.42 Å². The van der Waals surface area contributed by atoms with Gasteiger partial charge in [-0.2, -0.15) is 0 Å². The van der Waals surface area contributed by atoms with Gasteiger partial charge in [0, 0.05) is 11.1 Å². The van der Waals surface area contributed by atoms with Crippen molar-refractivity contribution < 1.29 is 23.5 Å². The van der Waals surface area contributed by atoms with E-state index in [9.17, 15) is 19.1 Å². The predicted octanol–water partition coefficient (Wildman–Crippen LogP) is 4.35. The third-order valence-corrected chi connectivity index (χ3v) is 4.97. The fourth-order valence-corrected chi connectivity index (χ4v) is 3.50. The molecule has 2 aromatic carbocycles. The van der Waals surface area contributed by atoms with E-state index in [-0.39, 0.29) is 23.4 Å². The zero-order chi connectivity index (χ0) is 20.5. The average molecular weight is 391 g/mol. The summed E-state index contributed by atoms with van der Waals surface area (Å²) in [5, 5.41) is 10.9. The van der Waals surface area contributed by atoms with Gasteiger partial charge in [0.1, 0.15) is 17.3 Å². The van der Waals surface area contributed by atoms with Crippen LogP contribution in [0.2, 0.25) is 0 Å². The first-order valence-corrected chi connectivity index (χ1v) is 9.09. The second kappa shape index (κ2) is 7.39. The maximum atomic E-state index is 14.7. The molecule has 0 spiro atoms. The van der Waals surface area contributed by atoms with E-state index in [0.717, 1.165) is 5.56 Å². The molecule has 146 valence electrons. The summed E-state index contributed by atoms with van der Waals surface area (Å²) in [7, 11) is 0. The van der Waals surface area contributed by atoms with Gasteiger partial charge in [-0.05, 0) is 25.1 Å². The number of likely N-dealkylation sites (tertiary alicyclic amines) is 1. The molecule has 2 heterocycles. The van der Waals surface area contributed by atoms with Gasteiger partial charge < -0.3 is 14.4 Å². The Hall–Kier alpha value is -3.67. The Bertz CT molecular complexity index is 1100. The highest BCUT2D eigenvalue weighted by atomic mass is 19.1. The molecule has 0 radical (unpaired) electrons. The van der Waals surface area contributed by atoms with Crippen LogP contribution in [0.25, 0.3) is 5.76 Å². The normalized spacial score (nSPS) is 18.4. The molecule has 1 aliphatic heterocycles. The van der Waals surface area contributed by atoms with Crippen molar-refractivity contribution in [3.63, 3.8) is 0 Å². The number of hydrogen-bond acceptors (Lipinski definition) is 4. The van der Waals surface area contributed by atoms with Crippen molar-refractivity contribution in [2.45, 2.75) is 19.5 Å². The Balaban J connectivity index is 1.89. The van der Waals surface area contributed by atoms with Crippen molar-refractivity contribution in [3.05, 3.63) is 101 Å².